The van der Waals surface area contributed by atoms with Gasteiger partial charge in [-0.05, 0) is 68.0 Å². The van der Waals surface area contributed by atoms with Crippen molar-refractivity contribution in [2.75, 3.05) is 13.2 Å². The summed E-state index contributed by atoms with van der Waals surface area (Å²) in [7, 11) is 0. The predicted molar refractivity (Wildman–Crippen MR) is 145 cm³/mol. The van der Waals surface area contributed by atoms with Gasteiger partial charge in [0, 0.05) is 24.7 Å². The fourth-order valence-electron chi connectivity index (χ4n) is 5.76. The number of fused-ring (bicyclic) bond motifs is 6. The quantitative estimate of drug-likeness (QED) is 0.399. The topological polar surface area (TPSA) is 89.0 Å². The zero-order chi connectivity index (χ0) is 22.5. The molecule has 3 aromatic heterocycles. The number of ether oxygens (including phenoxy) is 1. The maximum Gasteiger partial charge on any atom is 0.328 e. The minimum atomic E-state index is -0.366. The van der Waals surface area contributed by atoms with Crippen LogP contribution < -0.4 is 21.3 Å². The van der Waals surface area contributed by atoms with E-state index in [9.17, 15) is 9.59 Å². The third-order valence-electron chi connectivity index (χ3n) is 7.20. The Hall–Kier alpha value is -2.39. The molecule has 7 nitrogen and oxygen atoms in total. The summed E-state index contributed by atoms with van der Waals surface area (Å²) >= 11 is 1.39. The number of rotatable bonds is 5. The lowest BCUT2D eigenvalue weighted by molar-refractivity contribution is 0.326. The number of hydrogen-bond donors (Lipinski definition) is 2. The van der Waals surface area contributed by atoms with Gasteiger partial charge in [0.1, 0.15) is 16.0 Å². The molecule has 2 N–H and O–H groups in total. The Labute approximate surface area is 218 Å². The number of nitrogens with one attached hydrogen (secondary N) is 2. The monoisotopic (exact) mass is 534 g/mol. The van der Waals surface area contributed by atoms with E-state index in [1.165, 1.54) is 27.0 Å². The van der Waals surface area contributed by atoms with Crippen molar-refractivity contribution in [3.8, 4) is 5.75 Å². The van der Waals surface area contributed by atoms with Gasteiger partial charge in [0.25, 0.3) is 5.56 Å². The zero-order valence-corrected chi connectivity index (χ0v) is 21.7. The van der Waals surface area contributed by atoms with E-state index in [1.807, 2.05) is 19.1 Å². The summed E-state index contributed by atoms with van der Waals surface area (Å²) in [6.45, 7) is 4.03. The van der Waals surface area contributed by atoms with Crippen molar-refractivity contribution in [3.05, 3.63) is 68.5 Å². The lowest BCUT2D eigenvalue weighted by Crippen LogP contribution is -2.37. The number of pyridine rings is 1. The number of aromatic nitrogens is 3. The first-order chi connectivity index (χ1) is 16.2. The number of aromatic amines is 1. The van der Waals surface area contributed by atoms with Gasteiger partial charge in [-0.1, -0.05) is 12.1 Å². The summed E-state index contributed by atoms with van der Waals surface area (Å²) in [5, 5.41) is 3.68. The van der Waals surface area contributed by atoms with Crippen LogP contribution in [0.4, 0.5) is 0 Å². The molecular weight excluding hydrogens is 507 g/mol. The van der Waals surface area contributed by atoms with Crippen LogP contribution in [0.2, 0.25) is 0 Å². The van der Waals surface area contributed by atoms with E-state index in [0.717, 1.165) is 36.3 Å². The van der Waals surface area contributed by atoms with E-state index in [0.29, 0.717) is 40.7 Å². The minimum absolute atomic E-state index is 0. The molecule has 1 aromatic carbocycles. The fraction of sp³-hybridized carbons (Fsp3) is 0.400. The van der Waals surface area contributed by atoms with Gasteiger partial charge in [0.05, 0.1) is 16.8 Å². The third kappa shape index (κ3) is 4.27. The molecule has 0 spiro atoms. The molecule has 0 amide bonds. The Balaban J connectivity index is 0.00000144. The second-order valence-electron chi connectivity index (χ2n) is 8.93. The van der Waals surface area contributed by atoms with Crippen LogP contribution in [0.1, 0.15) is 36.8 Å². The molecule has 4 aromatic rings. The first-order valence-corrected chi connectivity index (χ1v) is 12.5. The second-order valence-corrected chi connectivity index (χ2v) is 9.98. The molecule has 3 atom stereocenters. The zero-order valence-electron chi connectivity index (χ0n) is 19.3. The van der Waals surface area contributed by atoms with E-state index in [1.54, 1.807) is 6.20 Å². The van der Waals surface area contributed by atoms with E-state index in [4.69, 9.17) is 4.74 Å². The number of halogens is 2. The molecule has 35 heavy (non-hydrogen) atoms. The van der Waals surface area contributed by atoms with Crippen LogP contribution >= 0.6 is 36.2 Å². The molecule has 1 saturated heterocycles. The number of nitrogens with zero attached hydrogens (tertiary/aromatic N) is 2. The van der Waals surface area contributed by atoms with Crippen molar-refractivity contribution in [1.82, 2.24) is 19.9 Å². The molecule has 2 aliphatic rings. The number of benzene rings is 1. The molecule has 1 fully saturated rings. The molecule has 0 bridgehead atoms. The summed E-state index contributed by atoms with van der Waals surface area (Å²) in [4.78, 5) is 33.3. The minimum Gasteiger partial charge on any atom is -0.494 e. The van der Waals surface area contributed by atoms with Crippen LogP contribution in [-0.4, -0.2) is 33.7 Å². The summed E-state index contributed by atoms with van der Waals surface area (Å²) in [5.74, 6) is 1.95. The largest absolute Gasteiger partial charge is 0.494 e. The number of H-pyrrole nitrogens is 1. The predicted octanol–water partition coefficient (Wildman–Crippen LogP) is 4.25. The molecule has 1 aliphatic carbocycles. The van der Waals surface area contributed by atoms with Crippen molar-refractivity contribution in [2.45, 2.75) is 44.7 Å². The van der Waals surface area contributed by atoms with Crippen LogP contribution in [0.5, 0.6) is 5.75 Å². The third-order valence-corrected chi connectivity index (χ3v) is 8.34. The van der Waals surface area contributed by atoms with Gasteiger partial charge < -0.3 is 15.0 Å². The van der Waals surface area contributed by atoms with Crippen LogP contribution in [0.15, 0.2) is 46.1 Å². The Kier molecular flexibility index (Phi) is 7.57. The standard InChI is InChI=1S/C25H26N4O3S.2ClH/c1-2-32-18-6-3-5-16-15(18)9-8-14-13-27-17(20(14)16)10-12-29-24(30)23-22(28-25(29)31)21-19(33-23)7-4-11-26-21;;/h3-7,11,14,17,20,27H,2,8-10,12-13H2,1H3,(H,28,31);2*1H/t14-,17?,20+;;/m0../s1. The Morgan fingerprint density at radius 1 is 1.20 bits per heavy atom. The lowest BCUT2D eigenvalue weighted by atomic mass is 9.73. The highest BCUT2D eigenvalue weighted by atomic mass is 35.5. The van der Waals surface area contributed by atoms with Crippen LogP contribution in [0.3, 0.4) is 0 Å². The SMILES string of the molecule is CCOc1cccc2c1CC[C@H]1CNC(CCn3c(=O)[nH]c4c(sc5cccnc54)c3=O)[C@@H]21.Cl.Cl. The van der Waals surface area contributed by atoms with Gasteiger partial charge in [-0.15, -0.1) is 36.2 Å². The number of hydrogen-bond acceptors (Lipinski definition) is 6. The van der Waals surface area contributed by atoms with Gasteiger partial charge in [0.15, 0.2) is 0 Å². The highest BCUT2D eigenvalue weighted by Gasteiger charge is 2.40. The summed E-state index contributed by atoms with van der Waals surface area (Å²) in [6, 6.07) is 10.4. The van der Waals surface area contributed by atoms with Gasteiger partial charge in [-0.3, -0.25) is 14.3 Å². The Morgan fingerprint density at radius 3 is 2.89 bits per heavy atom. The normalized spacial score (nSPS) is 20.7. The van der Waals surface area contributed by atoms with Gasteiger partial charge in [0.2, 0.25) is 0 Å². The van der Waals surface area contributed by atoms with Crippen molar-refractivity contribution < 1.29 is 4.74 Å². The van der Waals surface area contributed by atoms with Crippen LogP contribution in [-0.2, 0) is 13.0 Å². The Morgan fingerprint density at radius 2 is 2.06 bits per heavy atom. The maximum absolute atomic E-state index is 13.2. The second kappa shape index (κ2) is 10.3. The maximum atomic E-state index is 13.2. The smallest absolute Gasteiger partial charge is 0.328 e. The molecule has 0 saturated carbocycles. The molecule has 0 radical (unpaired) electrons. The molecular formula is C25H28Cl2N4O3S. The van der Waals surface area contributed by atoms with Gasteiger partial charge >= 0.3 is 5.69 Å². The van der Waals surface area contributed by atoms with Crippen LogP contribution in [0, 0.1) is 5.92 Å². The lowest BCUT2D eigenvalue weighted by Gasteiger charge is -2.32. The Bertz CT molecular complexity index is 1480. The van der Waals surface area contributed by atoms with Gasteiger partial charge in [-0.25, -0.2) is 4.79 Å². The molecule has 10 heteroatoms. The fourth-order valence-corrected chi connectivity index (χ4v) is 6.82. The first kappa shape index (κ1) is 25.7. The first-order valence-electron chi connectivity index (χ1n) is 11.6. The summed E-state index contributed by atoms with van der Waals surface area (Å²) < 4.78 is 8.72. The van der Waals surface area contributed by atoms with E-state index in [2.05, 4.69) is 33.5 Å². The molecule has 6 rings (SSSR count). The molecule has 186 valence electrons. The average molecular weight is 535 g/mol. The van der Waals surface area contributed by atoms with Crippen molar-refractivity contribution in [2.24, 2.45) is 5.92 Å². The van der Waals surface area contributed by atoms with Crippen molar-refractivity contribution in [3.63, 3.8) is 0 Å². The average Bonchev–Trinajstić information content (AvgIpc) is 3.41. The summed E-state index contributed by atoms with van der Waals surface area (Å²) in [5.41, 5.74) is 3.32. The molecule has 1 aliphatic heterocycles. The van der Waals surface area contributed by atoms with E-state index >= 15 is 0 Å². The molecule has 4 heterocycles. The van der Waals surface area contributed by atoms with Crippen LogP contribution in [0.25, 0.3) is 20.4 Å². The number of thiophene rings is 1. The van der Waals surface area contributed by atoms with Crippen molar-refractivity contribution in [1.29, 1.82) is 0 Å². The van der Waals surface area contributed by atoms with Gasteiger partial charge in [-0.2, -0.15) is 0 Å². The summed E-state index contributed by atoms with van der Waals surface area (Å²) in [6.07, 6.45) is 4.57. The van der Waals surface area contributed by atoms with E-state index < -0.39 is 0 Å². The highest BCUT2D eigenvalue weighted by molar-refractivity contribution is 7.25. The van der Waals surface area contributed by atoms with E-state index in [-0.39, 0.29) is 42.1 Å². The highest BCUT2D eigenvalue weighted by Crippen LogP contribution is 2.45. The molecule has 1 unspecified atom stereocenters. The van der Waals surface area contributed by atoms with Crippen molar-refractivity contribution >= 4 is 56.6 Å².